The van der Waals surface area contributed by atoms with Gasteiger partial charge in [-0.25, -0.2) is 0 Å². The van der Waals surface area contributed by atoms with Gasteiger partial charge in [-0.05, 0) is 0 Å². The van der Waals surface area contributed by atoms with E-state index in [1.807, 2.05) is 60.7 Å². The van der Waals surface area contributed by atoms with E-state index in [4.69, 9.17) is 5.90 Å². The van der Waals surface area contributed by atoms with Crippen LogP contribution in [0.15, 0.2) is 60.7 Å². The largest absolute Gasteiger partial charge is 0.382 e. The molecule has 92 valence electrons. The summed E-state index contributed by atoms with van der Waals surface area (Å²) in [6.07, 6.45) is 2.63. The minimum atomic E-state index is -0.697. The van der Waals surface area contributed by atoms with Crippen molar-refractivity contribution in [2.24, 2.45) is 5.90 Å². The van der Waals surface area contributed by atoms with Gasteiger partial charge in [-0.3, -0.25) is 4.79 Å². The molecule has 0 saturated carbocycles. The molecule has 3 nitrogen and oxygen atoms in total. The van der Waals surface area contributed by atoms with Gasteiger partial charge in [0.2, 0.25) is 0 Å². The quantitative estimate of drug-likeness (QED) is 0.410. The van der Waals surface area contributed by atoms with Gasteiger partial charge in [0.1, 0.15) is 0 Å². The molecule has 0 unspecified atom stereocenters. The number of hydrogen-bond acceptors (Lipinski definition) is 3. The van der Waals surface area contributed by atoms with Crippen molar-refractivity contribution in [3.05, 3.63) is 77.9 Å². The van der Waals surface area contributed by atoms with Crippen molar-refractivity contribution >= 4 is 11.5 Å². The fourth-order valence-electron chi connectivity index (χ4n) is 1.65. The van der Waals surface area contributed by atoms with Gasteiger partial charge in [0.25, 0.3) is 5.97 Å². The number of nitrogens with two attached hydrogens (primary N) is 1. The standard InChI is InChI=1S/C15H12NO2.Zn/c16-18-15(17)11-14(12-7-3-1-4-8-12)13-9-5-2-6-10-13;/h1-10H,16H2;/q-1;. The van der Waals surface area contributed by atoms with Crippen LogP contribution in [0.1, 0.15) is 11.1 Å². The summed E-state index contributed by atoms with van der Waals surface area (Å²) in [6, 6.07) is 19.0. The first kappa shape index (κ1) is 15.3. The average molecular weight is 304 g/mol. The van der Waals surface area contributed by atoms with E-state index in [-0.39, 0.29) is 19.5 Å². The van der Waals surface area contributed by atoms with Gasteiger partial charge in [-0.1, -0.05) is 42.5 Å². The molecule has 0 atom stereocenters. The Hall–Kier alpha value is -1.77. The summed E-state index contributed by atoms with van der Waals surface area (Å²) in [5.74, 6) is 4.15. The maximum absolute atomic E-state index is 11.3. The Kier molecular flexibility index (Phi) is 6.13. The van der Waals surface area contributed by atoms with Crippen molar-refractivity contribution in [2.45, 2.75) is 0 Å². The van der Waals surface area contributed by atoms with Crippen LogP contribution in [-0.4, -0.2) is 5.97 Å². The molecule has 0 aliphatic heterocycles. The van der Waals surface area contributed by atoms with E-state index < -0.39 is 5.97 Å². The summed E-state index contributed by atoms with van der Waals surface area (Å²) >= 11 is 0. The van der Waals surface area contributed by atoms with E-state index in [9.17, 15) is 4.79 Å². The van der Waals surface area contributed by atoms with Crippen LogP contribution >= 0.6 is 0 Å². The normalized spacial score (nSPS) is 9.11. The second-order valence-corrected chi connectivity index (χ2v) is 3.64. The summed E-state index contributed by atoms with van der Waals surface area (Å²) in [5, 5.41) is 0. The van der Waals surface area contributed by atoms with Crippen molar-refractivity contribution < 1.29 is 29.1 Å². The minimum Gasteiger partial charge on any atom is -0.382 e. The SMILES string of the molecule is NOC(=O)[C-]=C(c1ccccc1)c1ccccc1.[Zn]. The molecular formula is C15H12NO2Zn-. The van der Waals surface area contributed by atoms with Gasteiger partial charge in [0, 0.05) is 19.5 Å². The van der Waals surface area contributed by atoms with Crippen LogP contribution < -0.4 is 5.90 Å². The molecule has 19 heavy (non-hydrogen) atoms. The predicted octanol–water partition coefficient (Wildman–Crippen LogP) is 2.34. The third-order valence-corrected chi connectivity index (χ3v) is 2.46. The van der Waals surface area contributed by atoms with Gasteiger partial charge in [-0.2, -0.15) is 11.5 Å². The van der Waals surface area contributed by atoms with Crippen molar-refractivity contribution in [2.75, 3.05) is 0 Å². The molecule has 2 aromatic rings. The molecule has 0 heterocycles. The number of carbonyl (C=O) groups excluding carboxylic acids is 1. The zero-order valence-corrected chi connectivity index (χ0v) is 13.3. The van der Waals surface area contributed by atoms with E-state index in [2.05, 4.69) is 10.9 Å². The maximum Gasteiger partial charge on any atom is 0.291 e. The van der Waals surface area contributed by atoms with Gasteiger partial charge in [0.15, 0.2) is 0 Å². The molecular weight excluding hydrogens is 292 g/mol. The van der Waals surface area contributed by atoms with E-state index in [1.165, 1.54) is 0 Å². The average Bonchev–Trinajstić information content (AvgIpc) is 2.46. The molecule has 4 heteroatoms. The molecule has 0 saturated heterocycles. The zero-order valence-electron chi connectivity index (χ0n) is 10.4. The smallest absolute Gasteiger partial charge is 0.291 e. The van der Waals surface area contributed by atoms with E-state index >= 15 is 0 Å². The maximum atomic E-state index is 11.3. The summed E-state index contributed by atoms with van der Waals surface area (Å²) in [6.45, 7) is 0. The monoisotopic (exact) mass is 302 g/mol. The first-order valence-electron chi connectivity index (χ1n) is 5.47. The van der Waals surface area contributed by atoms with Crippen LogP contribution in [0.2, 0.25) is 0 Å². The summed E-state index contributed by atoms with van der Waals surface area (Å²) in [7, 11) is 0. The molecule has 2 aromatic carbocycles. The Morgan fingerprint density at radius 2 is 1.32 bits per heavy atom. The van der Waals surface area contributed by atoms with Crippen LogP contribution in [0.4, 0.5) is 0 Å². The molecule has 0 spiro atoms. The Labute approximate surface area is 124 Å². The first-order valence-corrected chi connectivity index (χ1v) is 5.47. The van der Waals surface area contributed by atoms with Gasteiger partial charge in [0.05, 0.1) is 0 Å². The first-order chi connectivity index (χ1) is 8.81. The van der Waals surface area contributed by atoms with E-state index in [1.54, 1.807) is 0 Å². The predicted molar refractivity (Wildman–Crippen MR) is 68.9 cm³/mol. The molecule has 0 aliphatic carbocycles. The molecule has 0 aromatic heterocycles. The minimum absolute atomic E-state index is 0. The Bertz CT molecular complexity index is 511. The summed E-state index contributed by atoms with van der Waals surface area (Å²) in [4.78, 5) is 15.4. The van der Waals surface area contributed by atoms with Crippen molar-refractivity contribution in [3.8, 4) is 0 Å². The Balaban J connectivity index is 0.00000180. The van der Waals surface area contributed by atoms with Crippen molar-refractivity contribution in [1.82, 2.24) is 0 Å². The molecule has 0 bridgehead atoms. The fourth-order valence-corrected chi connectivity index (χ4v) is 1.65. The number of carbonyl (C=O) groups is 1. The van der Waals surface area contributed by atoms with Crippen LogP contribution in [-0.2, 0) is 29.1 Å². The van der Waals surface area contributed by atoms with E-state index in [0.29, 0.717) is 5.57 Å². The molecule has 2 rings (SSSR count). The van der Waals surface area contributed by atoms with Gasteiger partial charge in [-0.15, -0.1) is 35.4 Å². The Morgan fingerprint density at radius 1 is 0.895 bits per heavy atom. The molecule has 0 radical (unpaired) electrons. The third-order valence-electron chi connectivity index (χ3n) is 2.46. The molecule has 0 amide bonds. The second-order valence-electron chi connectivity index (χ2n) is 3.64. The van der Waals surface area contributed by atoms with Crippen LogP contribution in [0.3, 0.4) is 0 Å². The van der Waals surface area contributed by atoms with Gasteiger partial charge >= 0.3 is 0 Å². The Morgan fingerprint density at radius 3 is 1.68 bits per heavy atom. The van der Waals surface area contributed by atoms with Crippen LogP contribution in [0, 0.1) is 6.08 Å². The van der Waals surface area contributed by atoms with Gasteiger partial charge < -0.3 is 4.84 Å². The van der Waals surface area contributed by atoms with E-state index in [0.717, 1.165) is 11.1 Å². The second kappa shape index (κ2) is 7.62. The number of rotatable bonds is 3. The number of benzene rings is 2. The van der Waals surface area contributed by atoms with Crippen molar-refractivity contribution in [3.63, 3.8) is 0 Å². The van der Waals surface area contributed by atoms with Crippen molar-refractivity contribution in [1.29, 1.82) is 0 Å². The van der Waals surface area contributed by atoms with Crippen LogP contribution in [0.25, 0.3) is 5.57 Å². The third kappa shape index (κ3) is 4.13. The summed E-state index contributed by atoms with van der Waals surface area (Å²) < 4.78 is 0. The van der Waals surface area contributed by atoms with Crippen LogP contribution in [0.5, 0.6) is 0 Å². The molecule has 2 N–H and O–H groups in total. The summed E-state index contributed by atoms with van der Waals surface area (Å²) in [5.41, 5.74) is 2.43. The fraction of sp³-hybridized carbons (Fsp3) is 0. The molecule has 0 aliphatic rings. The number of hydrogen-bond donors (Lipinski definition) is 1. The molecule has 0 fully saturated rings. The topological polar surface area (TPSA) is 52.3 Å². The zero-order chi connectivity index (χ0) is 12.8.